The summed E-state index contributed by atoms with van der Waals surface area (Å²) in [7, 11) is 0. The molecule has 0 spiro atoms. The molecule has 4 atom stereocenters. The zero-order valence-corrected chi connectivity index (χ0v) is 13.6. The van der Waals surface area contributed by atoms with Gasteiger partial charge in [0.25, 0.3) is 0 Å². The molecule has 1 saturated heterocycles. The van der Waals surface area contributed by atoms with Gasteiger partial charge in [-0.3, -0.25) is 0 Å². The van der Waals surface area contributed by atoms with Gasteiger partial charge in [0.05, 0.1) is 24.4 Å². The van der Waals surface area contributed by atoms with Crippen molar-refractivity contribution in [2.75, 3.05) is 6.54 Å². The van der Waals surface area contributed by atoms with E-state index in [4.69, 9.17) is 0 Å². The van der Waals surface area contributed by atoms with E-state index < -0.39 is 18.3 Å². The Labute approximate surface area is 130 Å². The largest absolute Gasteiger partial charge is 0.391 e. The number of β-amino-alcohol motifs (C(OH)–C–C–N with tert-alkyl or cyclic N) is 1. The van der Waals surface area contributed by atoms with Crippen molar-refractivity contribution in [2.24, 2.45) is 0 Å². The fraction of sp³-hybridized carbons (Fsp3) is 1.00. The molecule has 1 heterocycles. The molecule has 0 unspecified atom stereocenters. The van der Waals surface area contributed by atoms with Crippen LogP contribution in [0.4, 0.5) is 0 Å². The molecule has 1 aliphatic heterocycles. The first-order valence-electron chi connectivity index (χ1n) is 8.94. The minimum absolute atomic E-state index is 0.362. The maximum absolute atomic E-state index is 10.0. The van der Waals surface area contributed by atoms with Crippen molar-refractivity contribution in [1.82, 2.24) is 5.32 Å². The van der Waals surface area contributed by atoms with Crippen LogP contribution in [-0.2, 0) is 0 Å². The van der Waals surface area contributed by atoms with Gasteiger partial charge in [-0.2, -0.15) is 0 Å². The van der Waals surface area contributed by atoms with Crippen LogP contribution in [0.25, 0.3) is 0 Å². The van der Waals surface area contributed by atoms with Gasteiger partial charge in [-0.15, -0.1) is 0 Å². The second kappa shape index (κ2) is 11.4. The zero-order valence-electron chi connectivity index (χ0n) is 13.6. The third-order valence-electron chi connectivity index (χ3n) is 4.59. The first-order chi connectivity index (χ1) is 10.2. The van der Waals surface area contributed by atoms with Crippen LogP contribution in [0.2, 0.25) is 0 Å². The highest BCUT2D eigenvalue weighted by Gasteiger charge is 2.37. The zero-order chi connectivity index (χ0) is 15.5. The Bertz CT molecular complexity index is 250. The molecule has 1 aliphatic rings. The molecule has 0 aromatic carbocycles. The number of hydrogen-bond donors (Lipinski definition) is 4. The van der Waals surface area contributed by atoms with Crippen molar-refractivity contribution in [3.63, 3.8) is 0 Å². The number of aliphatic hydroxyl groups excluding tert-OH is 3. The maximum atomic E-state index is 10.0. The molecule has 0 aliphatic carbocycles. The quantitative estimate of drug-likeness (QED) is 0.418. The Morgan fingerprint density at radius 1 is 0.905 bits per heavy atom. The fourth-order valence-electron chi connectivity index (χ4n) is 3.12. The monoisotopic (exact) mass is 301 g/mol. The van der Waals surface area contributed by atoms with Gasteiger partial charge in [0.1, 0.15) is 0 Å². The smallest absolute Gasteiger partial charge is 0.0989 e. The van der Waals surface area contributed by atoms with Crippen molar-refractivity contribution in [3.05, 3.63) is 0 Å². The van der Waals surface area contributed by atoms with Crippen LogP contribution in [0.15, 0.2) is 0 Å². The van der Waals surface area contributed by atoms with Gasteiger partial charge in [-0.05, 0) is 6.42 Å². The van der Waals surface area contributed by atoms with Crippen molar-refractivity contribution >= 4 is 0 Å². The van der Waals surface area contributed by atoms with Gasteiger partial charge in [0.2, 0.25) is 0 Å². The van der Waals surface area contributed by atoms with Crippen molar-refractivity contribution in [2.45, 2.75) is 102 Å². The van der Waals surface area contributed by atoms with E-state index >= 15 is 0 Å². The Balaban J connectivity index is 1.90. The molecule has 0 aromatic heterocycles. The summed E-state index contributed by atoms with van der Waals surface area (Å²) in [5, 5.41) is 32.2. The second-order valence-corrected chi connectivity index (χ2v) is 6.53. The predicted octanol–water partition coefficient (Wildman–Crippen LogP) is 2.35. The number of nitrogens with one attached hydrogen (secondary N) is 1. The van der Waals surface area contributed by atoms with Gasteiger partial charge in [-0.25, -0.2) is 0 Å². The minimum Gasteiger partial charge on any atom is -0.391 e. The van der Waals surface area contributed by atoms with Crippen LogP contribution in [0.3, 0.4) is 0 Å². The molecule has 0 bridgehead atoms. The van der Waals surface area contributed by atoms with Crippen LogP contribution in [0.5, 0.6) is 0 Å². The summed E-state index contributed by atoms with van der Waals surface area (Å²) in [6.45, 7) is 2.62. The summed E-state index contributed by atoms with van der Waals surface area (Å²) in [4.78, 5) is 0. The van der Waals surface area contributed by atoms with Crippen molar-refractivity contribution in [1.29, 1.82) is 0 Å². The molecule has 1 fully saturated rings. The molecular formula is C17H35NO3. The molecule has 4 N–H and O–H groups in total. The van der Waals surface area contributed by atoms with Crippen LogP contribution >= 0.6 is 0 Å². The molecule has 126 valence electrons. The Morgan fingerprint density at radius 2 is 1.43 bits per heavy atom. The van der Waals surface area contributed by atoms with E-state index in [1.165, 1.54) is 51.4 Å². The van der Waals surface area contributed by atoms with E-state index in [1.807, 2.05) is 0 Å². The van der Waals surface area contributed by atoms with Crippen LogP contribution in [0.1, 0.15) is 77.6 Å². The topological polar surface area (TPSA) is 72.7 Å². The molecule has 0 radical (unpaired) electrons. The molecule has 1 rings (SSSR count). The second-order valence-electron chi connectivity index (χ2n) is 6.53. The van der Waals surface area contributed by atoms with Crippen LogP contribution < -0.4 is 5.32 Å². The number of unbranched alkanes of at least 4 members (excludes halogenated alkanes) is 9. The highest BCUT2D eigenvalue weighted by Crippen LogP contribution is 2.17. The SMILES string of the molecule is CCCCCCCCCCCC[C@H](O)[C@@H]1NC[C@H](O)[C@H]1O. The summed E-state index contributed by atoms with van der Waals surface area (Å²) in [5.74, 6) is 0. The Kier molecular flexibility index (Phi) is 10.3. The van der Waals surface area contributed by atoms with Crippen LogP contribution in [-0.4, -0.2) is 46.2 Å². The highest BCUT2D eigenvalue weighted by molar-refractivity contribution is 4.94. The summed E-state index contributed by atoms with van der Waals surface area (Å²) in [5.41, 5.74) is 0. The maximum Gasteiger partial charge on any atom is 0.0989 e. The highest BCUT2D eigenvalue weighted by atomic mass is 16.3. The van der Waals surface area contributed by atoms with Crippen molar-refractivity contribution < 1.29 is 15.3 Å². The van der Waals surface area contributed by atoms with E-state index in [-0.39, 0.29) is 6.04 Å². The van der Waals surface area contributed by atoms with E-state index in [2.05, 4.69) is 12.2 Å². The molecule has 4 nitrogen and oxygen atoms in total. The fourth-order valence-corrected chi connectivity index (χ4v) is 3.12. The lowest BCUT2D eigenvalue weighted by atomic mass is 9.99. The average Bonchev–Trinajstić information content (AvgIpc) is 2.81. The number of aliphatic hydroxyl groups is 3. The summed E-state index contributed by atoms with van der Waals surface area (Å²) in [6, 6.07) is -0.362. The Hall–Kier alpha value is -0.160. The van der Waals surface area contributed by atoms with Gasteiger partial charge in [-0.1, -0.05) is 71.1 Å². The van der Waals surface area contributed by atoms with Crippen molar-refractivity contribution in [3.8, 4) is 0 Å². The number of rotatable bonds is 12. The summed E-state index contributed by atoms with van der Waals surface area (Å²) >= 11 is 0. The molecular weight excluding hydrogens is 266 g/mol. The van der Waals surface area contributed by atoms with E-state index in [0.717, 1.165) is 12.8 Å². The average molecular weight is 301 g/mol. The summed E-state index contributed by atoms with van der Waals surface area (Å²) < 4.78 is 0. The lowest BCUT2D eigenvalue weighted by Gasteiger charge is -2.22. The number of hydrogen-bond acceptors (Lipinski definition) is 4. The standard InChI is InChI=1S/C17H35NO3/c1-2-3-4-5-6-7-8-9-10-11-12-14(19)16-17(21)15(20)13-18-16/h14-21H,2-13H2,1H3/t14-,15-,16-,17+/m0/s1. The van der Waals surface area contributed by atoms with E-state index in [9.17, 15) is 15.3 Å². The lowest BCUT2D eigenvalue weighted by Crippen LogP contribution is -2.43. The summed E-state index contributed by atoms with van der Waals surface area (Å²) in [6.07, 6.45) is 11.4. The molecule has 0 aromatic rings. The first kappa shape index (κ1) is 18.9. The van der Waals surface area contributed by atoms with E-state index in [0.29, 0.717) is 13.0 Å². The van der Waals surface area contributed by atoms with Gasteiger partial charge in [0.15, 0.2) is 0 Å². The van der Waals surface area contributed by atoms with Gasteiger partial charge < -0.3 is 20.6 Å². The predicted molar refractivity (Wildman–Crippen MR) is 86.3 cm³/mol. The third kappa shape index (κ3) is 7.59. The minimum atomic E-state index is -0.830. The Morgan fingerprint density at radius 3 is 1.90 bits per heavy atom. The molecule has 21 heavy (non-hydrogen) atoms. The van der Waals surface area contributed by atoms with E-state index in [1.54, 1.807) is 0 Å². The normalized spacial score (nSPS) is 27.1. The van der Waals surface area contributed by atoms with Gasteiger partial charge >= 0.3 is 0 Å². The first-order valence-corrected chi connectivity index (χ1v) is 8.94. The van der Waals surface area contributed by atoms with Crippen LogP contribution in [0, 0.1) is 0 Å². The molecule has 4 heteroatoms. The lowest BCUT2D eigenvalue weighted by molar-refractivity contribution is 0.00410. The molecule has 0 saturated carbocycles. The van der Waals surface area contributed by atoms with Gasteiger partial charge in [0, 0.05) is 6.54 Å². The third-order valence-corrected chi connectivity index (χ3v) is 4.59. The molecule has 0 amide bonds.